The van der Waals surface area contributed by atoms with Gasteiger partial charge in [-0.2, -0.15) is 13.2 Å². The summed E-state index contributed by atoms with van der Waals surface area (Å²) in [4.78, 5) is 11.8. The molecular weight excluding hydrogens is 281 g/mol. The number of rotatable bonds is 5. The molecule has 0 aromatic heterocycles. The summed E-state index contributed by atoms with van der Waals surface area (Å²) in [6.07, 6.45) is -3.88. The van der Waals surface area contributed by atoms with Crippen LogP contribution in [0.1, 0.15) is 31.9 Å². The van der Waals surface area contributed by atoms with E-state index in [1.165, 1.54) is 12.1 Å². The fourth-order valence-electron chi connectivity index (χ4n) is 1.88. The van der Waals surface area contributed by atoms with Gasteiger partial charge in [0.05, 0.1) is 11.6 Å². The van der Waals surface area contributed by atoms with Crippen LogP contribution in [0.4, 0.5) is 13.2 Å². The number of carbonyl (C=O) groups excluding carboxylic acids is 1. The first-order valence-corrected chi connectivity index (χ1v) is 6.83. The number of nitrogens with two attached hydrogens (primary N) is 1. The van der Waals surface area contributed by atoms with Gasteiger partial charge in [-0.15, -0.1) is 0 Å². The lowest BCUT2D eigenvalue weighted by atomic mass is 10.0. The van der Waals surface area contributed by atoms with Gasteiger partial charge < -0.3 is 11.1 Å². The summed E-state index contributed by atoms with van der Waals surface area (Å²) in [6.45, 7) is 5.50. The van der Waals surface area contributed by atoms with Crippen molar-refractivity contribution in [1.82, 2.24) is 5.32 Å². The summed E-state index contributed by atoms with van der Waals surface area (Å²) in [5, 5.41) is 2.77. The molecule has 2 atom stereocenters. The van der Waals surface area contributed by atoms with Crippen LogP contribution in [0.25, 0.3) is 0 Å². The maximum Gasteiger partial charge on any atom is 0.416 e. The zero-order valence-corrected chi connectivity index (χ0v) is 12.4. The minimum atomic E-state index is -4.33. The van der Waals surface area contributed by atoms with Crippen molar-refractivity contribution < 1.29 is 18.0 Å². The van der Waals surface area contributed by atoms with Gasteiger partial charge in [0.15, 0.2) is 0 Å². The number of amides is 1. The van der Waals surface area contributed by atoms with Crippen LogP contribution in [0.15, 0.2) is 24.3 Å². The second-order valence-electron chi connectivity index (χ2n) is 5.58. The Morgan fingerprint density at radius 2 is 1.71 bits per heavy atom. The number of alkyl halides is 3. The Kier molecular flexibility index (Phi) is 5.78. The second kappa shape index (κ2) is 6.93. The molecule has 0 bridgehead atoms. The van der Waals surface area contributed by atoms with E-state index < -0.39 is 17.8 Å². The minimum absolute atomic E-state index is 0.0308. The average molecular weight is 302 g/mol. The maximum absolute atomic E-state index is 12.4. The van der Waals surface area contributed by atoms with Crippen molar-refractivity contribution in [2.24, 2.45) is 11.7 Å². The number of carbonyl (C=O) groups is 1. The minimum Gasteiger partial charge on any atom is -0.352 e. The molecule has 1 amide bonds. The van der Waals surface area contributed by atoms with E-state index in [0.717, 1.165) is 17.7 Å². The van der Waals surface area contributed by atoms with E-state index in [1.54, 1.807) is 6.92 Å². The van der Waals surface area contributed by atoms with Gasteiger partial charge in [0.2, 0.25) is 5.91 Å². The average Bonchev–Trinajstić information content (AvgIpc) is 2.36. The predicted molar refractivity (Wildman–Crippen MR) is 75.6 cm³/mol. The van der Waals surface area contributed by atoms with Crippen LogP contribution in [-0.4, -0.2) is 18.0 Å². The third-order valence-electron chi connectivity index (χ3n) is 3.23. The molecule has 0 radical (unpaired) electrons. The van der Waals surface area contributed by atoms with Gasteiger partial charge in [-0.3, -0.25) is 4.79 Å². The van der Waals surface area contributed by atoms with Crippen LogP contribution < -0.4 is 11.1 Å². The number of benzene rings is 1. The Balaban J connectivity index is 2.59. The molecule has 0 aliphatic rings. The Hall–Kier alpha value is -1.56. The Bertz CT molecular complexity index is 469. The predicted octanol–water partition coefficient (Wildman–Crippen LogP) is 2.74. The number of hydrogen-bond donors (Lipinski definition) is 2. The second-order valence-corrected chi connectivity index (χ2v) is 5.58. The van der Waals surface area contributed by atoms with Crippen molar-refractivity contribution in [2.75, 3.05) is 0 Å². The van der Waals surface area contributed by atoms with Crippen molar-refractivity contribution in [2.45, 2.75) is 45.5 Å². The van der Waals surface area contributed by atoms with Crippen LogP contribution >= 0.6 is 0 Å². The van der Waals surface area contributed by atoms with E-state index in [2.05, 4.69) is 5.32 Å². The molecule has 1 unspecified atom stereocenters. The summed E-state index contributed by atoms with van der Waals surface area (Å²) >= 11 is 0. The van der Waals surface area contributed by atoms with Crippen LogP contribution in [-0.2, 0) is 17.4 Å². The molecule has 0 aliphatic heterocycles. The summed E-state index contributed by atoms with van der Waals surface area (Å²) < 4.78 is 37.3. The van der Waals surface area contributed by atoms with Crippen LogP contribution in [0.2, 0.25) is 0 Å². The largest absolute Gasteiger partial charge is 0.416 e. The number of halogens is 3. The normalized spacial score (nSPS) is 14.9. The fraction of sp³-hybridized carbons (Fsp3) is 0.533. The molecule has 3 N–H and O–H groups in total. The first-order valence-electron chi connectivity index (χ1n) is 6.83. The third-order valence-corrected chi connectivity index (χ3v) is 3.23. The van der Waals surface area contributed by atoms with Crippen molar-refractivity contribution in [3.63, 3.8) is 0 Å². The van der Waals surface area contributed by atoms with Crippen molar-refractivity contribution in [1.29, 1.82) is 0 Å². The summed E-state index contributed by atoms with van der Waals surface area (Å²) in [6, 6.07) is 4.16. The Morgan fingerprint density at radius 1 is 1.19 bits per heavy atom. The van der Waals surface area contributed by atoms with E-state index in [4.69, 9.17) is 5.73 Å². The molecule has 0 spiro atoms. The standard InChI is InChI=1S/C15H21F3N2O/c1-9(2)13(19)14(21)20-10(3)8-11-4-6-12(7-5-11)15(16,17)18/h4-7,9-10,13H,8,19H2,1-3H3,(H,20,21)/t10?,13-/m0/s1. The lowest BCUT2D eigenvalue weighted by molar-refractivity contribution is -0.137. The summed E-state index contributed by atoms with van der Waals surface area (Å²) in [5.41, 5.74) is 5.79. The molecule has 0 saturated carbocycles. The van der Waals surface area contributed by atoms with E-state index in [9.17, 15) is 18.0 Å². The van der Waals surface area contributed by atoms with E-state index in [0.29, 0.717) is 6.42 Å². The molecule has 21 heavy (non-hydrogen) atoms. The zero-order valence-electron chi connectivity index (χ0n) is 12.4. The highest BCUT2D eigenvalue weighted by molar-refractivity contribution is 5.82. The summed E-state index contributed by atoms with van der Waals surface area (Å²) in [5.74, 6) is -0.215. The molecule has 0 fully saturated rings. The highest BCUT2D eigenvalue weighted by atomic mass is 19.4. The van der Waals surface area contributed by atoms with Gasteiger partial charge in [-0.1, -0.05) is 26.0 Å². The molecule has 118 valence electrons. The van der Waals surface area contributed by atoms with Crippen molar-refractivity contribution in [3.8, 4) is 0 Å². The Labute approximate surface area is 122 Å². The topological polar surface area (TPSA) is 55.1 Å². The monoisotopic (exact) mass is 302 g/mol. The molecular formula is C15H21F3N2O. The molecule has 6 heteroatoms. The van der Waals surface area contributed by atoms with Gasteiger partial charge in [0.25, 0.3) is 0 Å². The SMILES string of the molecule is CC(Cc1ccc(C(F)(F)F)cc1)NC(=O)[C@@H](N)C(C)C. The van der Waals surface area contributed by atoms with Crippen LogP contribution in [0.3, 0.4) is 0 Å². The quantitative estimate of drug-likeness (QED) is 0.878. The van der Waals surface area contributed by atoms with Gasteiger partial charge in [-0.25, -0.2) is 0 Å². The van der Waals surface area contributed by atoms with E-state index in [1.807, 2.05) is 13.8 Å². The van der Waals surface area contributed by atoms with E-state index in [-0.39, 0.29) is 17.9 Å². The van der Waals surface area contributed by atoms with Crippen molar-refractivity contribution in [3.05, 3.63) is 35.4 Å². The molecule has 1 aromatic carbocycles. The van der Waals surface area contributed by atoms with Gasteiger partial charge in [0, 0.05) is 6.04 Å². The summed E-state index contributed by atoms with van der Waals surface area (Å²) in [7, 11) is 0. The van der Waals surface area contributed by atoms with Crippen molar-refractivity contribution >= 4 is 5.91 Å². The van der Waals surface area contributed by atoms with Gasteiger partial charge >= 0.3 is 6.18 Å². The Morgan fingerprint density at radius 3 is 2.14 bits per heavy atom. The van der Waals surface area contributed by atoms with Gasteiger partial charge in [0.1, 0.15) is 0 Å². The lowest BCUT2D eigenvalue weighted by Gasteiger charge is -2.20. The number of hydrogen-bond acceptors (Lipinski definition) is 2. The zero-order chi connectivity index (χ0) is 16.2. The molecule has 3 nitrogen and oxygen atoms in total. The lowest BCUT2D eigenvalue weighted by Crippen LogP contribution is -2.47. The van der Waals surface area contributed by atoms with Crippen LogP contribution in [0.5, 0.6) is 0 Å². The third kappa shape index (κ3) is 5.38. The van der Waals surface area contributed by atoms with E-state index >= 15 is 0 Å². The molecule has 1 rings (SSSR count). The highest BCUT2D eigenvalue weighted by Crippen LogP contribution is 2.29. The number of nitrogens with one attached hydrogen (secondary N) is 1. The molecule has 0 saturated heterocycles. The fourth-order valence-corrected chi connectivity index (χ4v) is 1.88. The maximum atomic E-state index is 12.4. The van der Waals surface area contributed by atoms with Crippen LogP contribution in [0, 0.1) is 5.92 Å². The smallest absolute Gasteiger partial charge is 0.352 e. The molecule has 1 aromatic rings. The first-order chi connectivity index (χ1) is 9.61. The molecule has 0 heterocycles. The molecule has 0 aliphatic carbocycles. The highest BCUT2D eigenvalue weighted by Gasteiger charge is 2.30. The van der Waals surface area contributed by atoms with Gasteiger partial charge in [-0.05, 0) is 37.0 Å². The first kappa shape index (κ1) is 17.5.